The molecule has 0 aliphatic carbocycles. The van der Waals surface area contributed by atoms with E-state index in [2.05, 4.69) is 10.2 Å². The summed E-state index contributed by atoms with van der Waals surface area (Å²) in [5, 5.41) is 8.24. The lowest BCUT2D eigenvalue weighted by molar-refractivity contribution is -0.140. The van der Waals surface area contributed by atoms with Crippen LogP contribution in [0.3, 0.4) is 0 Å². The summed E-state index contributed by atoms with van der Waals surface area (Å²) < 4.78 is 11.2. The van der Waals surface area contributed by atoms with Crippen LogP contribution in [0, 0.1) is 0 Å². The van der Waals surface area contributed by atoms with E-state index in [0.717, 1.165) is 29.0 Å². The third-order valence-electron chi connectivity index (χ3n) is 2.92. The molecule has 0 atom stereocenters. The third kappa shape index (κ3) is 3.49. The van der Waals surface area contributed by atoms with Crippen LogP contribution in [0.4, 0.5) is 0 Å². The van der Waals surface area contributed by atoms with Gasteiger partial charge >= 0.3 is 0 Å². The highest BCUT2D eigenvalue weighted by Crippen LogP contribution is 2.21. The van der Waals surface area contributed by atoms with E-state index in [1.165, 1.54) is 0 Å². The first-order valence-corrected chi connectivity index (χ1v) is 6.68. The van der Waals surface area contributed by atoms with Gasteiger partial charge in [-0.05, 0) is 26.3 Å². The van der Waals surface area contributed by atoms with Crippen molar-refractivity contribution in [3.05, 3.63) is 35.4 Å². The topological polar surface area (TPSA) is 43.2 Å². The van der Waals surface area contributed by atoms with Crippen LogP contribution in [0.5, 0.6) is 0 Å². The van der Waals surface area contributed by atoms with Crippen molar-refractivity contribution >= 4 is 11.4 Å². The van der Waals surface area contributed by atoms with Crippen molar-refractivity contribution in [1.29, 1.82) is 0 Å². The minimum atomic E-state index is -0.285. The summed E-state index contributed by atoms with van der Waals surface area (Å²) in [4.78, 5) is 0. The van der Waals surface area contributed by atoms with Crippen LogP contribution in [0.2, 0.25) is 0 Å². The molecule has 0 N–H and O–H groups in total. The Bertz CT molecular complexity index is 471. The molecule has 1 aromatic rings. The molecule has 1 aliphatic heterocycles. The predicted molar refractivity (Wildman–Crippen MR) is 76.7 cm³/mol. The van der Waals surface area contributed by atoms with Crippen LogP contribution in [0.25, 0.3) is 0 Å². The van der Waals surface area contributed by atoms with Crippen molar-refractivity contribution < 1.29 is 9.47 Å². The summed E-state index contributed by atoms with van der Waals surface area (Å²) in [6, 6.07) is 8.16. The van der Waals surface area contributed by atoms with E-state index >= 15 is 0 Å². The molecule has 19 heavy (non-hydrogen) atoms. The number of ether oxygens (including phenoxy) is 2. The summed E-state index contributed by atoms with van der Waals surface area (Å²) in [5.41, 5.74) is 4.22. The second-order valence-electron chi connectivity index (χ2n) is 4.42. The molecule has 0 fully saturated rings. The van der Waals surface area contributed by atoms with E-state index in [4.69, 9.17) is 9.47 Å². The lowest BCUT2D eigenvalue weighted by Crippen LogP contribution is -2.09. The minimum Gasteiger partial charge on any atom is -0.349 e. The maximum absolute atomic E-state index is 5.58. The highest BCUT2D eigenvalue weighted by Gasteiger charge is 2.14. The Labute approximate surface area is 114 Å². The van der Waals surface area contributed by atoms with Gasteiger partial charge in [0, 0.05) is 30.9 Å². The molecule has 0 bridgehead atoms. The molecule has 0 spiro atoms. The fourth-order valence-electron chi connectivity index (χ4n) is 1.99. The highest BCUT2D eigenvalue weighted by molar-refractivity contribution is 6.14. The number of hydrogen-bond donors (Lipinski definition) is 0. The summed E-state index contributed by atoms with van der Waals surface area (Å²) >= 11 is 0. The number of hydrogen-bond acceptors (Lipinski definition) is 4. The van der Waals surface area contributed by atoms with Crippen molar-refractivity contribution in [2.45, 2.75) is 33.5 Å². The molecule has 0 saturated carbocycles. The second-order valence-corrected chi connectivity index (χ2v) is 4.42. The lowest BCUT2D eigenvalue weighted by atomic mass is 10.0. The Morgan fingerprint density at radius 1 is 1.05 bits per heavy atom. The molecule has 0 radical (unpaired) electrons. The molecule has 2 rings (SSSR count). The van der Waals surface area contributed by atoms with Gasteiger partial charge in [-0.1, -0.05) is 24.3 Å². The average molecular weight is 260 g/mol. The maximum atomic E-state index is 5.58. The number of rotatable bonds is 6. The van der Waals surface area contributed by atoms with E-state index in [0.29, 0.717) is 13.2 Å². The van der Waals surface area contributed by atoms with E-state index in [9.17, 15) is 0 Å². The first-order valence-electron chi connectivity index (χ1n) is 6.68. The zero-order chi connectivity index (χ0) is 13.7. The lowest BCUT2D eigenvalue weighted by Gasteiger charge is -2.17. The largest absolute Gasteiger partial charge is 0.349 e. The van der Waals surface area contributed by atoms with Crippen LogP contribution in [-0.2, 0) is 9.47 Å². The molecule has 1 heterocycles. The van der Waals surface area contributed by atoms with Gasteiger partial charge in [0.1, 0.15) is 0 Å². The fourth-order valence-corrected chi connectivity index (χ4v) is 1.99. The van der Waals surface area contributed by atoms with Gasteiger partial charge in [0.05, 0.1) is 5.71 Å². The first kappa shape index (κ1) is 13.9. The standard InChI is InChI=1S/C15H20N2O2/c1-4-18-15(19-5-2)13-8-6-12(7-9-13)14-10-11(3)16-17-14/h6-9,15H,4-5,10H2,1-3H3. The summed E-state index contributed by atoms with van der Waals surface area (Å²) in [6.07, 6.45) is 0.548. The van der Waals surface area contributed by atoms with Crippen LogP contribution in [0.15, 0.2) is 34.5 Å². The van der Waals surface area contributed by atoms with E-state index in [1.807, 2.05) is 45.0 Å². The van der Waals surface area contributed by atoms with Crippen molar-refractivity contribution in [2.75, 3.05) is 13.2 Å². The zero-order valence-electron chi connectivity index (χ0n) is 11.7. The molecule has 0 unspecified atom stereocenters. The van der Waals surface area contributed by atoms with Gasteiger partial charge in [-0.25, -0.2) is 0 Å². The average Bonchev–Trinajstić information content (AvgIpc) is 2.85. The molecule has 102 valence electrons. The van der Waals surface area contributed by atoms with Gasteiger partial charge < -0.3 is 9.47 Å². The predicted octanol–water partition coefficient (Wildman–Crippen LogP) is 3.33. The van der Waals surface area contributed by atoms with Gasteiger partial charge in [-0.15, -0.1) is 0 Å². The number of benzene rings is 1. The smallest absolute Gasteiger partial charge is 0.183 e. The van der Waals surface area contributed by atoms with E-state index in [1.54, 1.807) is 0 Å². The molecule has 0 amide bonds. The Morgan fingerprint density at radius 2 is 1.68 bits per heavy atom. The molecule has 4 nitrogen and oxygen atoms in total. The van der Waals surface area contributed by atoms with E-state index < -0.39 is 0 Å². The van der Waals surface area contributed by atoms with Crippen molar-refractivity contribution in [3.8, 4) is 0 Å². The Morgan fingerprint density at radius 3 is 2.16 bits per heavy atom. The maximum Gasteiger partial charge on any atom is 0.183 e. The molecule has 1 aromatic carbocycles. The molecular weight excluding hydrogens is 240 g/mol. The number of nitrogens with zero attached hydrogens (tertiary/aromatic N) is 2. The highest BCUT2D eigenvalue weighted by atomic mass is 16.7. The van der Waals surface area contributed by atoms with Gasteiger partial charge in [0.25, 0.3) is 0 Å². The molecule has 1 aliphatic rings. The fraction of sp³-hybridized carbons (Fsp3) is 0.467. The molecule has 4 heteroatoms. The molecule has 0 aromatic heterocycles. The van der Waals surface area contributed by atoms with Crippen LogP contribution >= 0.6 is 0 Å². The normalized spacial score (nSPS) is 14.7. The van der Waals surface area contributed by atoms with E-state index in [-0.39, 0.29) is 6.29 Å². The summed E-state index contributed by atoms with van der Waals surface area (Å²) in [7, 11) is 0. The quantitative estimate of drug-likeness (QED) is 0.736. The van der Waals surface area contributed by atoms with Gasteiger partial charge in [0.15, 0.2) is 6.29 Å². The first-order chi connectivity index (χ1) is 9.24. The van der Waals surface area contributed by atoms with Crippen molar-refractivity contribution in [1.82, 2.24) is 0 Å². The third-order valence-corrected chi connectivity index (χ3v) is 2.92. The summed E-state index contributed by atoms with van der Waals surface area (Å²) in [5.74, 6) is 0. The second kappa shape index (κ2) is 6.59. The minimum absolute atomic E-state index is 0.285. The van der Waals surface area contributed by atoms with Crippen molar-refractivity contribution in [3.63, 3.8) is 0 Å². The Hall–Kier alpha value is -1.52. The van der Waals surface area contributed by atoms with Crippen LogP contribution < -0.4 is 0 Å². The SMILES string of the molecule is CCOC(OCC)c1ccc(C2=NN=C(C)C2)cc1. The Balaban J connectivity index is 2.09. The molecular formula is C15H20N2O2. The van der Waals surface area contributed by atoms with Crippen LogP contribution in [-0.4, -0.2) is 24.6 Å². The summed E-state index contributed by atoms with van der Waals surface area (Å²) in [6.45, 7) is 7.19. The molecule has 0 saturated heterocycles. The monoisotopic (exact) mass is 260 g/mol. The van der Waals surface area contributed by atoms with Gasteiger partial charge in [-0.3, -0.25) is 0 Å². The zero-order valence-corrected chi connectivity index (χ0v) is 11.7. The van der Waals surface area contributed by atoms with Gasteiger partial charge in [-0.2, -0.15) is 10.2 Å². The Kier molecular flexibility index (Phi) is 4.82. The van der Waals surface area contributed by atoms with Gasteiger partial charge in [0.2, 0.25) is 0 Å². The van der Waals surface area contributed by atoms with Crippen molar-refractivity contribution in [2.24, 2.45) is 10.2 Å². The van der Waals surface area contributed by atoms with Crippen LogP contribution in [0.1, 0.15) is 44.6 Å².